The minimum Gasteiger partial charge on any atom is -0.351 e. The molecule has 1 amide bonds. The molecule has 3 N–H and O–H groups in total. The summed E-state index contributed by atoms with van der Waals surface area (Å²) in [6.07, 6.45) is 2.60. The van der Waals surface area contributed by atoms with E-state index in [4.69, 9.17) is 0 Å². The van der Waals surface area contributed by atoms with Crippen LogP contribution in [-0.4, -0.2) is 34.2 Å². The van der Waals surface area contributed by atoms with E-state index in [1.807, 2.05) is 18.2 Å². The van der Waals surface area contributed by atoms with Crippen molar-refractivity contribution in [1.29, 1.82) is 0 Å². The van der Waals surface area contributed by atoms with Crippen LogP contribution in [0.1, 0.15) is 33.2 Å². The molecule has 0 aliphatic carbocycles. The first-order chi connectivity index (χ1) is 11.8. The molecule has 0 fully saturated rings. The maximum atomic E-state index is 12.3. The number of hydrogen-bond donors (Lipinski definition) is 3. The minimum atomic E-state index is -0.0845. The van der Waals surface area contributed by atoms with Gasteiger partial charge in [-0.1, -0.05) is 12.1 Å². The topological polar surface area (TPSA) is 82.7 Å². The van der Waals surface area contributed by atoms with Crippen molar-refractivity contribution in [3.05, 3.63) is 46.2 Å². The van der Waals surface area contributed by atoms with Crippen LogP contribution in [-0.2, 0) is 19.4 Å². The number of nitrogens with zero attached hydrogens (tertiary/aromatic N) is 2. The first kappa shape index (κ1) is 15.3. The van der Waals surface area contributed by atoms with Gasteiger partial charge >= 0.3 is 0 Å². The summed E-state index contributed by atoms with van der Waals surface area (Å²) >= 11 is 1.72. The van der Waals surface area contributed by atoms with Gasteiger partial charge in [0, 0.05) is 25.1 Å². The summed E-state index contributed by atoms with van der Waals surface area (Å²) < 4.78 is 1.22. The van der Waals surface area contributed by atoms with Gasteiger partial charge in [-0.15, -0.1) is 11.3 Å². The van der Waals surface area contributed by atoms with Gasteiger partial charge in [-0.25, -0.2) is 4.98 Å². The summed E-state index contributed by atoms with van der Waals surface area (Å²) in [5.41, 5.74) is 3.68. The minimum absolute atomic E-state index is 0.0845. The monoisotopic (exact) mass is 341 g/mol. The molecule has 3 aromatic rings. The van der Waals surface area contributed by atoms with Crippen LogP contribution in [0.2, 0.25) is 0 Å². The molecule has 0 radical (unpaired) electrons. The van der Waals surface area contributed by atoms with Crippen LogP contribution in [0.25, 0.3) is 10.2 Å². The summed E-state index contributed by atoms with van der Waals surface area (Å²) in [6.45, 7) is 2.28. The molecule has 3 heterocycles. The largest absolute Gasteiger partial charge is 0.351 e. The van der Waals surface area contributed by atoms with Crippen LogP contribution in [0.4, 0.5) is 0 Å². The number of fused-ring (bicyclic) bond motifs is 2. The van der Waals surface area contributed by atoms with Gasteiger partial charge in [0.15, 0.2) is 5.69 Å². The summed E-state index contributed by atoms with van der Waals surface area (Å²) in [7, 11) is 0. The van der Waals surface area contributed by atoms with E-state index in [1.165, 1.54) is 4.70 Å². The molecule has 1 aliphatic rings. The summed E-state index contributed by atoms with van der Waals surface area (Å²) in [5.74, 6) is -0.0845. The van der Waals surface area contributed by atoms with Crippen molar-refractivity contribution < 1.29 is 4.79 Å². The zero-order chi connectivity index (χ0) is 16.4. The molecule has 0 saturated heterocycles. The Morgan fingerprint density at radius 3 is 3.17 bits per heavy atom. The number of carbonyl (C=O) groups is 1. The number of rotatable bonds is 5. The molecule has 0 atom stereocenters. The average Bonchev–Trinajstić information content (AvgIpc) is 3.22. The Hall–Kier alpha value is -2.25. The highest BCUT2D eigenvalue weighted by Crippen LogP contribution is 2.22. The van der Waals surface area contributed by atoms with Crippen molar-refractivity contribution in [2.45, 2.75) is 25.8 Å². The highest BCUT2D eigenvalue weighted by molar-refractivity contribution is 7.18. The van der Waals surface area contributed by atoms with Crippen molar-refractivity contribution in [1.82, 2.24) is 25.8 Å². The smallest absolute Gasteiger partial charge is 0.272 e. The number of aromatic amines is 1. The molecule has 1 aromatic carbocycles. The molecular weight excluding hydrogens is 322 g/mol. The van der Waals surface area contributed by atoms with Gasteiger partial charge in [0.1, 0.15) is 0 Å². The van der Waals surface area contributed by atoms with Crippen molar-refractivity contribution in [2.75, 3.05) is 13.1 Å². The second-order valence-electron chi connectivity index (χ2n) is 5.89. The SMILES string of the molecule is O=C(NCCCc1nc2ccccc2s1)c1n[nH]c2c1CCNC2. The third-order valence-corrected chi connectivity index (χ3v) is 5.31. The normalized spacial score (nSPS) is 13.8. The Morgan fingerprint density at radius 1 is 1.33 bits per heavy atom. The van der Waals surface area contributed by atoms with Gasteiger partial charge in [-0.05, 0) is 31.5 Å². The lowest BCUT2D eigenvalue weighted by atomic mass is 10.1. The fourth-order valence-corrected chi connectivity index (χ4v) is 3.99. The lowest BCUT2D eigenvalue weighted by molar-refractivity contribution is 0.0947. The third-order valence-electron chi connectivity index (χ3n) is 4.21. The fourth-order valence-electron chi connectivity index (χ4n) is 2.98. The molecule has 0 bridgehead atoms. The molecule has 2 aromatic heterocycles. The van der Waals surface area contributed by atoms with Gasteiger partial charge in [0.05, 0.1) is 20.9 Å². The maximum absolute atomic E-state index is 12.3. The van der Waals surface area contributed by atoms with E-state index in [1.54, 1.807) is 11.3 Å². The van der Waals surface area contributed by atoms with E-state index < -0.39 is 0 Å². The van der Waals surface area contributed by atoms with Gasteiger partial charge in [0.2, 0.25) is 0 Å². The van der Waals surface area contributed by atoms with Crippen LogP contribution >= 0.6 is 11.3 Å². The van der Waals surface area contributed by atoms with E-state index in [0.29, 0.717) is 12.2 Å². The highest BCUT2D eigenvalue weighted by atomic mass is 32.1. The van der Waals surface area contributed by atoms with Crippen molar-refractivity contribution in [2.24, 2.45) is 0 Å². The number of hydrogen-bond acceptors (Lipinski definition) is 5. The lowest BCUT2D eigenvalue weighted by Gasteiger charge is -2.12. The second-order valence-corrected chi connectivity index (χ2v) is 7.01. The third kappa shape index (κ3) is 3.05. The van der Waals surface area contributed by atoms with Crippen LogP contribution < -0.4 is 10.6 Å². The number of aryl methyl sites for hydroxylation is 1. The van der Waals surface area contributed by atoms with Gasteiger partial charge < -0.3 is 10.6 Å². The Labute approximate surface area is 143 Å². The van der Waals surface area contributed by atoms with Crippen molar-refractivity contribution in [3.8, 4) is 0 Å². The molecule has 0 spiro atoms. The second kappa shape index (κ2) is 6.70. The lowest BCUT2D eigenvalue weighted by Crippen LogP contribution is -2.28. The summed E-state index contributed by atoms with van der Waals surface area (Å²) in [5, 5.41) is 14.5. The molecule has 0 unspecified atom stereocenters. The first-order valence-electron chi connectivity index (χ1n) is 8.21. The van der Waals surface area contributed by atoms with E-state index in [0.717, 1.165) is 54.1 Å². The predicted octanol–water partition coefficient (Wildman–Crippen LogP) is 2.03. The molecule has 1 aliphatic heterocycles. The fraction of sp³-hybridized carbons (Fsp3) is 0.353. The van der Waals surface area contributed by atoms with Crippen molar-refractivity contribution in [3.63, 3.8) is 0 Å². The summed E-state index contributed by atoms with van der Waals surface area (Å²) in [6, 6.07) is 8.16. The van der Waals surface area contributed by atoms with E-state index in [9.17, 15) is 4.79 Å². The Bertz CT molecular complexity index is 836. The number of amides is 1. The maximum Gasteiger partial charge on any atom is 0.272 e. The zero-order valence-corrected chi connectivity index (χ0v) is 14.1. The number of H-pyrrole nitrogens is 1. The Morgan fingerprint density at radius 2 is 2.25 bits per heavy atom. The molecule has 0 saturated carbocycles. The van der Waals surface area contributed by atoms with E-state index >= 15 is 0 Å². The Kier molecular flexibility index (Phi) is 4.27. The number of benzene rings is 1. The van der Waals surface area contributed by atoms with Crippen LogP contribution in [0.5, 0.6) is 0 Å². The van der Waals surface area contributed by atoms with Gasteiger partial charge in [-0.2, -0.15) is 5.10 Å². The van der Waals surface area contributed by atoms with Crippen LogP contribution in [0.15, 0.2) is 24.3 Å². The van der Waals surface area contributed by atoms with Crippen LogP contribution in [0, 0.1) is 0 Å². The quantitative estimate of drug-likeness (QED) is 0.620. The number of carbonyl (C=O) groups excluding carboxylic acids is 1. The highest BCUT2D eigenvalue weighted by Gasteiger charge is 2.21. The van der Waals surface area contributed by atoms with Crippen molar-refractivity contribution >= 4 is 27.5 Å². The molecule has 6 nitrogen and oxygen atoms in total. The van der Waals surface area contributed by atoms with E-state index in [-0.39, 0.29) is 5.91 Å². The van der Waals surface area contributed by atoms with Gasteiger partial charge in [-0.3, -0.25) is 9.89 Å². The van der Waals surface area contributed by atoms with E-state index in [2.05, 4.69) is 31.9 Å². The molecule has 7 heteroatoms. The Balaban J connectivity index is 1.31. The molecular formula is C17H19N5OS. The molecule has 24 heavy (non-hydrogen) atoms. The number of aromatic nitrogens is 3. The number of para-hydroxylation sites is 1. The average molecular weight is 341 g/mol. The summed E-state index contributed by atoms with van der Waals surface area (Å²) in [4.78, 5) is 16.9. The number of nitrogens with one attached hydrogen (secondary N) is 3. The standard InChI is InChI=1S/C17H19N5OS/c23-17(16-11-7-9-18-10-13(11)21-22-16)19-8-3-6-15-20-12-4-1-2-5-14(12)24-15/h1-2,4-5,18H,3,6-10H2,(H,19,23)(H,21,22). The van der Waals surface area contributed by atoms with Crippen LogP contribution in [0.3, 0.4) is 0 Å². The number of thiazole rings is 1. The first-order valence-corrected chi connectivity index (χ1v) is 9.02. The molecule has 4 rings (SSSR count). The molecule has 124 valence electrons. The predicted molar refractivity (Wildman–Crippen MR) is 94.3 cm³/mol. The van der Waals surface area contributed by atoms with Gasteiger partial charge in [0.25, 0.3) is 5.91 Å². The zero-order valence-electron chi connectivity index (χ0n) is 13.3.